The Kier molecular flexibility index (Phi) is 4.36. The predicted molar refractivity (Wildman–Crippen MR) is 124 cm³/mol. The van der Waals surface area contributed by atoms with Crippen molar-refractivity contribution in [3.8, 4) is 33.6 Å². The van der Waals surface area contributed by atoms with Gasteiger partial charge in [0.25, 0.3) is 0 Å². The SMILES string of the molecule is CN(C)c1ccc2c(-c3ccc(-c4ccccc4)cc3)c3ccc(=N)cc-3oc2c1. The number of anilines is 1. The maximum absolute atomic E-state index is 8.03. The van der Waals surface area contributed by atoms with Crippen molar-refractivity contribution < 1.29 is 4.42 Å². The van der Waals surface area contributed by atoms with Gasteiger partial charge in [0.2, 0.25) is 0 Å². The Labute approximate surface area is 175 Å². The van der Waals surface area contributed by atoms with E-state index in [4.69, 9.17) is 9.83 Å². The Morgan fingerprint density at radius 3 is 2.13 bits per heavy atom. The first-order valence-electron chi connectivity index (χ1n) is 9.98. The first-order chi connectivity index (χ1) is 14.6. The Morgan fingerprint density at radius 1 is 0.700 bits per heavy atom. The number of benzene rings is 4. The fraction of sp³-hybridized carbons (Fsp3) is 0.0741. The van der Waals surface area contributed by atoms with Crippen molar-refractivity contribution in [1.82, 2.24) is 0 Å². The highest BCUT2D eigenvalue weighted by Gasteiger charge is 2.17. The number of fused-ring (bicyclic) bond motifs is 2. The average Bonchev–Trinajstić information content (AvgIpc) is 2.77. The molecule has 3 heteroatoms. The van der Waals surface area contributed by atoms with Gasteiger partial charge in [-0.05, 0) is 41.0 Å². The molecule has 1 aliphatic heterocycles. The van der Waals surface area contributed by atoms with E-state index in [0.29, 0.717) is 5.36 Å². The van der Waals surface area contributed by atoms with Crippen LogP contribution < -0.4 is 10.3 Å². The first-order valence-corrected chi connectivity index (χ1v) is 9.98. The van der Waals surface area contributed by atoms with Crippen molar-refractivity contribution in [2.24, 2.45) is 0 Å². The minimum absolute atomic E-state index is 0.444. The van der Waals surface area contributed by atoms with Crippen LogP contribution in [0.15, 0.2) is 95.4 Å². The fourth-order valence-electron chi connectivity index (χ4n) is 3.93. The van der Waals surface area contributed by atoms with Gasteiger partial charge in [-0.25, -0.2) is 0 Å². The van der Waals surface area contributed by atoms with Crippen LogP contribution in [0.1, 0.15) is 0 Å². The summed E-state index contributed by atoms with van der Waals surface area (Å²) in [5.41, 5.74) is 7.59. The predicted octanol–water partition coefficient (Wildman–Crippen LogP) is 6.42. The lowest BCUT2D eigenvalue weighted by Gasteiger charge is -2.18. The van der Waals surface area contributed by atoms with E-state index in [1.165, 1.54) is 11.1 Å². The Balaban J connectivity index is 1.75. The van der Waals surface area contributed by atoms with Gasteiger partial charge in [0, 0.05) is 48.4 Å². The highest BCUT2D eigenvalue weighted by Crippen LogP contribution is 2.41. The highest BCUT2D eigenvalue weighted by atomic mass is 16.3. The monoisotopic (exact) mass is 390 g/mol. The zero-order valence-corrected chi connectivity index (χ0v) is 17.0. The van der Waals surface area contributed by atoms with Gasteiger partial charge in [-0.3, -0.25) is 0 Å². The summed E-state index contributed by atoms with van der Waals surface area (Å²) < 4.78 is 6.23. The quantitative estimate of drug-likeness (QED) is 0.361. The number of nitrogens with zero attached hydrogens (tertiary/aromatic N) is 1. The molecule has 0 saturated carbocycles. The molecule has 3 aromatic carbocycles. The van der Waals surface area contributed by atoms with Crippen LogP contribution in [0.3, 0.4) is 0 Å². The van der Waals surface area contributed by atoms with Crippen LogP contribution in [-0.2, 0) is 0 Å². The van der Waals surface area contributed by atoms with E-state index in [1.807, 2.05) is 32.3 Å². The second kappa shape index (κ2) is 7.20. The molecule has 30 heavy (non-hydrogen) atoms. The molecule has 0 aromatic heterocycles. The second-order valence-corrected chi connectivity index (χ2v) is 7.71. The van der Waals surface area contributed by atoms with Crippen molar-refractivity contribution >= 4 is 16.7 Å². The van der Waals surface area contributed by atoms with E-state index < -0.39 is 0 Å². The van der Waals surface area contributed by atoms with Crippen molar-refractivity contribution in [3.05, 3.63) is 96.4 Å². The third-order valence-electron chi connectivity index (χ3n) is 5.50. The molecule has 0 saturated heterocycles. The summed E-state index contributed by atoms with van der Waals surface area (Å²) in [4.78, 5) is 2.06. The minimum atomic E-state index is 0.444. The lowest BCUT2D eigenvalue weighted by molar-refractivity contribution is 0.619. The van der Waals surface area contributed by atoms with E-state index in [-0.39, 0.29) is 0 Å². The summed E-state index contributed by atoms with van der Waals surface area (Å²) in [7, 11) is 4.04. The molecule has 0 unspecified atom stereocenters. The lowest BCUT2D eigenvalue weighted by atomic mass is 9.92. The first kappa shape index (κ1) is 18.2. The molecule has 3 aromatic rings. The van der Waals surface area contributed by atoms with E-state index >= 15 is 0 Å². The average molecular weight is 390 g/mol. The molecule has 0 atom stereocenters. The molecule has 0 radical (unpaired) electrons. The van der Waals surface area contributed by atoms with Gasteiger partial charge in [0.05, 0.1) is 5.36 Å². The van der Waals surface area contributed by atoms with Crippen LogP contribution in [0.4, 0.5) is 5.69 Å². The Hall–Kier alpha value is -3.85. The smallest absolute Gasteiger partial charge is 0.137 e. The van der Waals surface area contributed by atoms with Gasteiger partial charge in [-0.15, -0.1) is 0 Å². The molecule has 5 rings (SSSR count). The summed E-state index contributed by atoms with van der Waals surface area (Å²) >= 11 is 0. The summed E-state index contributed by atoms with van der Waals surface area (Å²) in [6.45, 7) is 0. The maximum atomic E-state index is 8.03. The molecule has 0 bridgehead atoms. The third-order valence-corrected chi connectivity index (χ3v) is 5.50. The fourth-order valence-corrected chi connectivity index (χ4v) is 3.93. The van der Waals surface area contributed by atoms with Crippen molar-refractivity contribution in [3.63, 3.8) is 0 Å². The molecule has 0 fully saturated rings. The number of hydrogen-bond acceptors (Lipinski definition) is 3. The standard InChI is InChI=1S/C27H22N2O/c1-29(2)22-13-15-24-26(17-22)30-25-16-21(28)12-14-23(25)27(24)20-10-8-19(9-11-20)18-6-4-3-5-7-18/h3-17,28H,1-2H3. The number of nitrogens with one attached hydrogen (secondary N) is 1. The van der Waals surface area contributed by atoms with Gasteiger partial charge in [-0.1, -0.05) is 54.6 Å². The topological polar surface area (TPSA) is 40.2 Å². The number of hydrogen-bond donors (Lipinski definition) is 1. The van der Waals surface area contributed by atoms with E-state index in [0.717, 1.165) is 39.1 Å². The summed E-state index contributed by atoms with van der Waals surface area (Å²) in [6.07, 6.45) is 0. The van der Waals surface area contributed by atoms with Gasteiger partial charge in [0.15, 0.2) is 0 Å². The molecule has 0 amide bonds. The molecular formula is C27H22N2O. The van der Waals surface area contributed by atoms with Crippen LogP contribution in [0, 0.1) is 5.41 Å². The van der Waals surface area contributed by atoms with Crippen LogP contribution in [0.2, 0.25) is 0 Å². The Bertz CT molecular complexity index is 1370. The molecule has 3 nitrogen and oxygen atoms in total. The molecule has 0 spiro atoms. The van der Waals surface area contributed by atoms with Crippen molar-refractivity contribution in [1.29, 1.82) is 5.41 Å². The molecule has 146 valence electrons. The van der Waals surface area contributed by atoms with Gasteiger partial charge < -0.3 is 14.7 Å². The van der Waals surface area contributed by atoms with E-state index in [1.54, 1.807) is 6.07 Å². The van der Waals surface area contributed by atoms with Crippen molar-refractivity contribution in [2.45, 2.75) is 0 Å². The lowest BCUT2D eigenvalue weighted by Crippen LogP contribution is -2.08. The van der Waals surface area contributed by atoms with E-state index in [2.05, 4.69) is 71.6 Å². The maximum Gasteiger partial charge on any atom is 0.137 e. The summed E-state index contributed by atoms with van der Waals surface area (Å²) in [5.74, 6) is 0.730. The number of rotatable bonds is 3. The van der Waals surface area contributed by atoms with Crippen LogP contribution in [0.25, 0.3) is 44.5 Å². The molecule has 1 N–H and O–H groups in total. The largest absolute Gasteiger partial charge is 0.456 e. The summed E-state index contributed by atoms with van der Waals surface area (Å²) in [6, 6.07) is 31.0. The zero-order valence-electron chi connectivity index (χ0n) is 17.0. The van der Waals surface area contributed by atoms with E-state index in [9.17, 15) is 0 Å². The molecular weight excluding hydrogens is 368 g/mol. The highest BCUT2D eigenvalue weighted by molar-refractivity contribution is 6.02. The molecule has 1 heterocycles. The van der Waals surface area contributed by atoms with Crippen LogP contribution >= 0.6 is 0 Å². The second-order valence-electron chi connectivity index (χ2n) is 7.71. The van der Waals surface area contributed by atoms with Gasteiger partial charge >= 0.3 is 0 Å². The van der Waals surface area contributed by atoms with Crippen LogP contribution in [-0.4, -0.2) is 14.1 Å². The van der Waals surface area contributed by atoms with Crippen molar-refractivity contribution in [2.75, 3.05) is 19.0 Å². The van der Waals surface area contributed by atoms with Crippen LogP contribution in [0.5, 0.6) is 0 Å². The van der Waals surface area contributed by atoms with Gasteiger partial charge in [0.1, 0.15) is 11.3 Å². The normalized spacial score (nSPS) is 11.1. The summed E-state index contributed by atoms with van der Waals surface area (Å²) in [5, 5.41) is 9.54. The molecule has 2 aliphatic rings. The van der Waals surface area contributed by atoms with Gasteiger partial charge in [-0.2, -0.15) is 0 Å². The molecule has 1 aliphatic carbocycles. The minimum Gasteiger partial charge on any atom is -0.456 e. The zero-order chi connectivity index (χ0) is 20.7. The third kappa shape index (κ3) is 3.15. The Morgan fingerprint density at radius 2 is 1.40 bits per heavy atom.